The highest BCUT2D eigenvalue weighted by molar-refractivity contribution is 5.83. The molecule has 2 heterocycles. The number of aromatic nitrogens is 2. The molecule has 4 rings (SSSR count). The summed E-state index contributed by atoms with van der Waals surface area (Å²) in [7, 11) is 6.27. The Morgan fingerprint density at radius 2 is 1.89 bits per heavy atom. The summed E-state index contributed by atoms with van der Waals surface area (Å²) >= 11 is 0. The summed E-state index contributed by atoms with van der Waals surface area (Å²) in [5.41, 5.74) is 4.37. The third kappa shape index (κ3) is 4.29. The Kier molecular flexibility index (Phi) is 5.50. The van der Waals surface area contributed by atoms with Gasteiger partial charge in [0.1, 0.15) is 18.2 Å². The van der Waals surface area contributed by atoms with E-state index in [4.69, 9.17) is 9.72 Å². The van der Waals surface area contributed by atoms with Crippen LogP contribution in [0, 0.1) is 0 Å². The second-order valence-electron chi connectivity index (χ2n) is 7.76. The average Bonchev–Trinajstić information content (AvgIpc) is 3.12. The molecule has 1 N–H and O–H groups in total. The normalized spacial score (nSPS) is 15.5. The molecule has 1 aliphatic heterocycles. The number of nitrogens with zero attached hydrogens (tertiary/aromatic N) is 4. The van der Waals surface area contributed by atoms with Crippen LogP contribution in [0.5, 0.6) is 5.75 Å². The number of nitrogens with one attached hydrogen (secondary N) is 1. The maximum atomic E-state index is 5.87. The van der Waals surface area contributed by atoms with Crippen molar-refractivity contribution >= 4 is 16.7 Å². The molecule has 148 valence electrons. The van der Waals surface area contributed by atoms with Gasteiger partial charge < -0.3 is 24.4 Å². The predicted octanol–water partition coefficient (Wildman–Crippen LogP) is 2.92. The lowest BCUT2D eigenvalue weighted by Gasteiger charge is -2.34. The molecule has 1 aromatic heterocycles. The van der Waals surface area contributed by atoms with Gasteiger partial charge in [-0.05, 0) is 51.5 Å². The number of hydrogen-bond acceptors (Lipinski definition) is 5. The summed E-state index contributed by atoms with van der Waals surface area (Å²) in [6.07, 6.45) is 0. The second kappa shape index (κ2) is 8.20. The molecule has 0 radical (unpaired) electrons. The van der Waals surface area contributed by atoms with Gasteiger partial charge in [-0.25, -0.2) is 4.98 Å². The third-order valence-corrected chi connectivity index (χ3v) is 5.25. The number of imidazole rings is 1. The minimum atomic E-state index is 0.672. The molecule has 3 aromatic rings. The molecule has 0 atom stereocenters. The van der Waals surface area contributed by atoms with Gasteiger partial charge in [-0.1, -0.05) is 12.1 Å². The molecule has 0 saturated carbocycles. The van der Waals surface area contributed by atoms with Gasteiger partial charge in [0.2, 0.25) is 0 Å². The summed E-state index contributed by atoms with van der Waals surface area (Å²) < 4.78 is 5.87. The maximum Gasteiger partial charge on any atom is 0.138 e. The Balaban J connectivity index is 1.53. The molecule has 1 saturated heterocycles. The van der Waals surface area contributed by atoms with E-state index in [1.807, 2.05) is 26.2 Å². The monoisotopic (exact) mass is 379 g/mol. The summed E-state index contributed by atoms with van der Waals surface area (Å²) in [5.74, 6) is 1.75. The smallest absolute Gasteiger partial charge is 0.138 e. The quantitative estimate of drug-likeness (QED) is 0.714. The molecule has 1 aliphatic rings. The number of aromatic amines is 1. The van der Waals surface area contributed by atoms with Crippen molar-refractivity contribution in [1.82, 2.24) is 19.8 Å². The van der Waals surface area contributed by atoms with Gasteiger partial charge in [-0.15, -0.1) is 0 Å². The number of anilines is 1. The van der Waals surface area contributed by atoms with Crippen molar-refractivity contribution in [2.45, 2.75) is 0 Å². The van der Waals surface area contributed by atoms with Crippen molar-refractivity contribution in [3.8, 4) is 17.1 Å². The van der Waals surface area contributed by atoms with E-state index in [0.717, 1.165) is 60.9 Å². The minimum Gasteiger partial charge on any atom is -0.492 e. The molecule has 6 nitrogen and oxygen atoms in total. The number of piperazine rings is 1. The first-order chi connectivity index (χ1) is 13.6. The molecule has 0 spiro atoms. The molecule has 0 bridgehead atoms. The molecular weight excluding hydrogens is 350 g/mol. The van der Waals surface area contributed by atoms with Crippen LogP contribution in [0.4, 0.5) is 5.69 Å². The number of ether oxygens (including phenoxy) is 1. The number of H-pyrrole nitrogens is 1. The van der Waals surface area contributed by atoms with E-state index >= 15 is 0 Å². The van der Waals surface area contributed by atoms with Crippen LogP contribution in [0.2, 0.25) is 0 Å². The second-order valence-corrected chi connectivity index (χ2v) is 7.76. The zero-order valence-corrected chi connectivity index (χ0v) is 17.0. The fourth-order valence-corrected chi connectivity index (χ4v) is 3.47. The highest BCUT2D eigenvalue weighted by Crippen LogP contribution is 2.27. The zero-order valence-electron chi connectivity index (χ0n) is 17.0. The van der Waals surface area contributed by atoms with Gasteiger partial charge in [0, 0.05) is 44.0 Å². The minimum absolute atomic E-state index is 0.672. The van der Waals surface area contributed by atoms with Crippen LogP contribution >= 0.6 is 0 Å². The fourth-order valence-electron chi connectivity index (χ4n) is 3.47. The van der Waals surface area contributed by atoms with Gasteiger partial charge >= 0.3 is 0 Å². The largest absolute Gasteiger partial charge is 0.492 e. The predicted molar refractivity (Wildman–Crippen MR) is 115 cm³/mol. The Bertz CT molecular complexity index is 928. The number of benzene rings is 2. The zero-order chi connectivity index (χ0) is 19.5. The number of likely N-dealkylation sites (N-methyl/N-ethyl adjacent to an activating group) is 2. The van der Waals surface area contributed by atoms with Gasteiger partial charge in [0.05, 0.1) is 11.0 Å². The van der Waals surface area contributed by atoms with Crippen molar-refractivity contribution in [3.63, 3.8) is 0 Å². The molecule has 6 heteroatoms. The SMILES string of the molecule is CN(C)CCOc1cccc(-c2nc3ccc(N4CCN(C)CC4)cc3[nH]2)c1. The van der Waals surface area contributed by atoms with E-state index in [9.17, 15) is 0 Å². The Morgan fingerprint density at radius 1 is 1.07 bits per heavy atom. The summed E-state index contributed by atoms with van der Waals surface area (Å²) in [6.45, 7) is 5.90. The van der Waals surface area contributed by atoms with Gasteiger partial charge in [0.25, 0.3) is 0 Å². The van der Waals surface area contributed by atoms with E-state index in [1.165, 1.54) is 5.69 Å². The van der Waals surface area contributed by atoms with E-state index < -0.39 is 0 Å². The van der Waals surface area contributed by atoms with Crippen LogP contribution in [-0.4, -0.2) is 80.2 Å². The summed E-state index contributed by atoms with van der Waals surface area (Å²) in [5, 5.41) is 0. The molecule has 0 aliphatic carbocycles. The molecular formula is C22H29N5O. The van der Waals surface area contributed by atoms with Gasteiger partial charge in [-0.2, -0.15) is 0 Å². The van der Waals surface area contributed by atoms with Gasteiger partial charge in [-0.3, -0.25) is 0 Å². The van der Waals surface area contributed by atoms with E-state index in [-0.39, 0.29) is 0 Å². The third-order valence-electron chi connectivity index (χ3n) is 5.25. The fraction of sp³-hybridized carbons (Fsp3) is 0.409. The molecule has 1 fully saturated rings. The van der Waals surface area contributed by atoms with Crippen LogP contribution in [-0.2, 0) is 0 Å². The summed E-state index contributed by atoms with van der Waals surface area (Å²) in [6, 6.07) is 14.6. The van der Waals surface area contributed by atoms with Crippen LogP contribution in [0.15, 0.2) is 42.5 Å². The Morgan fingerprint density at radius 3 is 2.68 bits per heavy atom. The van der Waals surface area contributed by atoms with Crippen molar-refractivity contribution in [1.29, 1.82) is 0 Å². The van der Waals surface area contributed by atoms with Crippen molar-refractivity contribution in [2.24, 2.45) is 0 Å². The average molecular weight is 380 g/mol. The van der Waals surface area contributed by atoms with Gasteiger partial charge in [0.15, 0.2) is 0 Å². The lowest BCUT2D eigenvalue weighted by Crippen LogP contribution is -2.44. The number of hydrogen-bond donors (Lipinski definition) is 1. The Hall–Kier alpha value is -2.57. The summed E-state index contributed by atoms with van der Waals surface area (Å²) in [4.78, 5) is 15.2. The van der Waals surface area contributed by atoms with E-state index in [0.29, 0.717) is 6.61 Å². The number of rotatable bonds is 6. The number of fused-ring (bicyclic) bond motifs is 1. The standard InChI is InChI=1S/C22H29N5O/c1-25(2)13-14-28-19-6-4-5-17(15-19)22-23-20-8-7-18(16-21(20)24-22)27-11-9-26(3)10-12-27/h4-8,15-16H,9-14H2,1-3H3,(H,23,24). The van der Waals surface area contributed by atoms with E-state index in [2.05, 4.69) is 57.1 Å². The first-order valence-corrected chi connectivity index (χ1v) is 9.90. The van der Waals surface area contributed by atoms with Crippen LogP contribution in [0.1, 0.15) is 0 Å². The van der Waals surface area contributed by atoms with Crippen LogP contribution in [0.25, 0.3) is 22.4 Å². The topological polar surface area (TPSA) is 47.6 Å². The maximum absolute atomic E-state index is 5.87. The first kappa shape index (κ1) is 18.8. The lowest BCUT2D eigenvalue weighted by atomic mass is 10.2. The molecule has 2 aromatic carbocycles. The van der Waals surface area contributed by atoms with E-state index in [1.54, 1.807) is 0 Å². The first-order valence-electron chi connectivity index (χ1n) is 9.90. The van der Waals surface area contributed by atoms with Crippen molar-refractivity contribution in [3.05, 3.63) is 42.5 Å². The highest BCUT2D eigenvalue weighted by atomic mass is 16.5. The highest BCUT2D eigenvalue weighted by Gasteiger charge is 2.15. The van der Waals surface area contributed by atoms with Crippen molar-refractivity contribution in [2.75, 3.05) is 65.4 Å². The van der Waals surface area contributed by atoms with Crippen LogP contribution < -0.4 is 9.64 Å². The molecule has 0 amide bonds. The molecule has 28 heavy (non-hydrogen) atoms. The Labute approximate surface area is 166 Å². The molecule has 0 unspecified atom stereocenters. The lowest BCUT2D eigenvalue weighted by molar-refractivity contribution is 0.261. The van der Waals surface area contributed by atoms with Crippen LogP contribution in [0.3, 0.4) is 0 Å². The van der Waals surface area contributed by atoms with Crippen molar-refractivity contribution < 1.29 is 4.74 Å².